The Morgan fingerprint density at radius 1 is 1.22 bits per heavy atom. The number of ether oxygens (including phenoxy) is 1. The van der Waals surface area contributed by atoms with Crippen LogP contribution in [0.4, 0.5) is 11.6 Å². The van der Waals surface area contributed by atoms with E-state index in [2.05, 4.69) is 20.5 Å². The molecule has 3 N–H and O–H groups in total. The third-order valence-corrected chi connectivity index (χ3v) is 7.05. The van der Waals surface area contributed by atoms with Crippen LogP contribution in [0.5, 0.6) is 0 Å². The molecule has 198 valence electrons. The van der Waals surface area contributed by atoms with Gasteiger partial charge in [0.15, 0.2) is 0 Å². The quantitative estimate of drug-likeness (QED) is 0.362. The number of hydrogen-bond donors (Lipinski definition) is 3. The molecule has 3 rings (SSSR count). The van der Waals surface area contributed by atoms with Crippen molar-refractivity contribution in [1.29, 1.82) is 0 Å². The van der Waals surface area contributed by atoms with Crippen LogP contribution in [-0.2, 0) is 21.2 Å². The van der Waals surface area contributed by atoms with Crippen molar-refractivity contribution in [3.8, 4) is 0 Å². The number of nitrogens with one attached hydrogen (secondary N) is 2. The minimum atomic E-state index is -3.60. The number of aliphatic hydroxyl groups is 1. The van der Waals surface area contributed by atoms with Crippen molar-refractivity contribution in [3.63, 3.8) is 0 Å². The zero-order valence-corrected chi connectivity index (χ0v) is 21.8. The van der Waals surface area contributed by atoms with E-state index >= 15 is 0 Å². The number of carbonyl (C=O) groups excluding carboxylic acids is 1. The van der Waals surface area contributed by atoms with Gasteiger partial charge >= 0.3 is 0 Å². The van der Waals surface area contributed by atoms with Gasteiger partial charge in [-0.3, -0.25) is 14.0 Å². The van der Waals surface area contributed by atoms with E-state index in [-0.39, 0.29) is 24.5 Å². The second-order valence-corrected chi connectivity index (χ2v) is 10.8. The number of nitrogens with zero attached hydrogens (tertiary/aromatic N) is 3. The molecule has 1 aromatic heterocycles. The molecule has 1 atom stereocenters. The molecule has 0 bridgehead atoms. The molecule has 10 nitrogen and oxygen atoms in total. The second-order valence-electron chi connectivity index (χ2n) is 8.86. The minimum absolute atomic E-state index is 0.185. The van der Waals surface area contributed by atoms with Crippen molar-refractivity contribution in [2.45, 2.75) is 25.8 Å². The second kappa shape index (κ2) is 13.5. The average Bonchev–Trinajstić information content (AvgIpc) is 2.87. The summed E-state index contributed by atoms with van der Waals surface area (Å²) in [6.45, 7) is 6.36. The number of carbonyl (C=O) groups is 1. The van der Waals surface area contributed by atoms with E-state index in [1.807, 2.05) is 37.3 Å². The van der Waals surface area contributed by atoms with Gasteiger partial charge in [-0.15, -0.1) is 0 Å². The maximum absolute atomic E-state index is 13.2. The fraction of sp³-hybridized carbons (Fsp3) is 0.520. The summed E-state index contributed by atoms with van der Waals surface area (Å²) in [4.78, 5) is 20.0. The highest BCUT2D eigenvalue weighted by Gasteiger charge is 2.22. The molecule has 0 aliphatic carbocycles. The Bertz CT molecular complexity index is 1080. The molecule has 1 aromatic carbocycles. The van der Waals surface area contributed by atoms with Crippen LogP contribution in [0.25, 0.3) is 0 Å². The molecule has 0 unspecified atom stereocenters. The fourth-order valence-corrected chi connectivity index (χ4v) is 4.96. The molecular formula is C25H37N5O5S. The van der Waals surface area contributed by atoms with Crippen molar-refractivity contribution in [2.75, 3.05) is 68.4 Å². The Labute approximate surface area is 213 Å². The minimum Gasteiger partial charge on any atom is -0.394 e. The van der Waals surface area contributed by atoms with E-state index in [1.165, 1.54) is 10.4 Å². The van der Waals surface area contributed by atoms with Gasteiger partial charge in [-0.05, 0) is 30.5 Å². The van der Waals surface area contributed by atoms with Crippen LogP contribution >= 0.6 is 0 Å². The van der Waals surface area contributed by atoms with Gasteiger partial charge in [-0.1, -0.05) is 37.3 Å². The van der Waals surface area contributed by atoms with Crippen LogP contribution in [-0.4, -0.2) is 94.2 Å². The zero-order chi connectivity index (χ0) is 26.0. The van der Waals surface area contributed by atoms with Gasteiger partial charge in [-0.2, -0.15) is 0 Å². The molecule has 1 aliphatic heterocycles. The van der Waals surface area contributed by atoms with Crippen LogP contribution in [0, 0.1) is 0 Å². The number of morpholine rings is 1. The van der Waals surface area contributed by atoms with E-state index < -0.39 is 22.0 Å². The summed E-state index contributed by atoms with van der Waals surface area (Å²) in [6, 6.07) is 12.2. The fourth-order valence-electron chi connectivity index (χ4n) is 4.01. The largest absolute Gasteiger partial charge is 0.394 e. The smallest absolute Gasteiger partial charge is 0.251 e. The van der Waals surface area contributed by atoms with Gasteiger partial charge in [-0.25, -0.2) is 13.4 Å². The van der Waals surface area contributed by atoms with Crippen LogP contribution in [0.2, 0.25) is 0 Å². The highest BCUT2D eigenvalue weighted by atomic mass is 32.2. The Morgan fingerprint density at radius 3 is 2.58 bits per heavy atom. The standard InChI is InChI=1S/C25H37N5O5S/c1-3-10-30(36(2,33)34)24-18-21(17-23(28-24)26-9-11-29-12-14-35-15-13-29)25(32)27-22(19-31)16-20-7-5-4-6-8-20/h4-8,17-18,22,31H,3,9-16,19H2,1-2H3,(H,26,28)(H,27,32)/t22-/m0/s1. The Hall–Kier alpha value is -2.73. The maximum Gasteiger partial charge on any atom is 0.251 e. The SMILES string of the molecule is CCCN(c1cc(C(=O)N[C@H](CO)Cc2ccccc2)cc(NCCN2CCOCC2)n1)S(C)(=O)=O. The van der Waals surface area contributed by atoms with Gasteiger partial charge in [0.05, 0.1) is 32.1 Å². The molecular weight excluding hydrogens is 482 g/mol. The molecule has 0 spiro atoms. The number of anilines is 2. The molecule has 0 saturated carbocycles. The summed E-state index contributed by atoms with van der Waals surface area (Å²) < 4.78 is 31.5. The Balaban J connectivity index is 1.80. The molecule has 11 heteroatoms. The van der Waals surface area contributed by atoms with Gasteiger partial charge < -0.3 is 20.5 Å². The first kappa shape index (κ1) is 27.9. The number of pyridine rings is 1. The number of rotatable bonds is 13. The van der Waals surface area contributed by atoms with Crippen molar-refractivity contribution in [3.05, 3.63) is 53.6 Å². The highest BCUT2D eigenvalue weighted by Crippen LogP contribution is 2.21. The molecule has 2 heterocycles. The number of benzene rings is 1. The van der Waals surface area contributed by atoms with Gasteiger partial charge in [0.1, 0.15) is 11.6 Å². The monoisotopic (exact) mass is 519 g/mol. The zero-order valence-electron chi connectivity index (χ0n) is 21.0. The number of sulfonamides is 1. The number of aromatic nitrogens is 1. The van der Waals surface area contributed by atoms with Crippen LogP contribution in [0.3, 0.4) is 0 Å². The van der Waals surface area contributed by atoms with Crippen molar-refractivity contribution in [2.24, 2.45) is 0 Å². The van der Waals surface area contributed by atoms with Crippen LogP contribution in [0.15, 0.2) is 42.5 Å². The average molecular weight is 520 g/mol. The highest BCUT2D eigenvalue weighted by molar-refractivity contribution is 7.92. The molecule has 1 saturated heterocycles. The van der Waals surface area contributed by atoms with Gasteiger partial charge in [0.2, 0.25) is 10.0 Å². The topological polar surface area (TPSA) is 124 Å². The molecule has 0 radical (unpaired) electrons. The molecule has 36 heavy (non-hydrogen) atoms. The lowest BCUT2D eigenvalue weighted by atomic mass is 10.1. The summed E-state index contributed by atoms with van der Waals surface area (Å²) in [5.74, 6) is 0.193. The summed E-state index contributed by atoms with van der Waals surface area (Å²) in [5.41, 5.74) is 1.26. The third-order valence-electron chi connectivity index (χ3n) is 5.87. The van der Waals surface area contributed by atoms with Gasteiger partial charge in [0.25, 0.3) is 5.91 Å². The Kier molecular flexibility index (Phi) is 10.5. The van der Waals surface area contributed by atoms with E-state index in [4.69, 9.17) is 4.74 Å². The lowest BCUT2D eigenvalue weighted by molar-refractivity contribution is 0.0398. The normalized spacial score (nSPS) is 15.3. The number of hydrogen-bond acceptors (Lipinski definition) is 8. The van der Waals surface area contributed by atoms with E-state index in [0.29, 0.717) is 38.4 Å². The Morgan fingerprint density at radius 2 is 1.94 bits per heavy atom. The van der Waals surface area contributed by atoms with E-state index in [0.717, 1.165) is 31.5 Å². The van der Waals surface area contributed by atoms with Crippen molar-refractivity contribution < 1.29 is 23.1 Å². The number of amides is 1. The molecule has 1 aliphatic rings. The number of aliphatic hydroxyl groups excluding tert-OH is 1. The summed E-state index contributed by atoms with van der Waals surface area (Å²) in [5, 5.41) is 16.0. The predicted molar refractivity (Wildman–Crippen MR) is 141 cm³/mol. The first-order chi connectivity index (χ1) is 17.3. The van der Waals surface area contributed by atoms with Crippen molar-refractivity contribution in [1.82, 2.24) is 15.2 Å². The summed E-state index contributed by atoms with van der Waals surface area (Å²) >= 11 is 0. The first-order valence-electron chi connectivity index (χ1n) is 12.3. The molecule has 1 amide bonds. The summed E-state index contributed by atoms with van der Waals surface area (Å²) in [6.07, 6.45) is 2.19. The van der Waals surface area contributed by atoms with Crippen LogP contribution < -0.4 is 14.9 Å². The van der Waals surface area contributed by atoms with Crippen LogP contribution in [0.1, 0.15) is 29.3 Å². The van der Waals surface area contributed by atoms with Crippen molar-refractivity contribution >= 4 is 27.6 Å². The van der Waals surface area contributed by atoms with E-state index in [9.17, 15) is 18.3 Å². The predicted octanol–water partition coefficient (Wildman–Crippen LogP) is 1.34. The summed E-state index contributed by atoms with van der Waals surface area (Å²) in [7, 11) is -3.60. The van der Waals surface area contributed by atoms with E-state index in [1.54, 1.807) is 6.07 Å². The molecule has 1 fully saturated rings. The molecule has 2 aromatic rings. The third kappa shape index (κ3) is 8.44. The van der Waals surface area contributed by atoms with Gasteiger partial charge in [0, 0.05) is 38.3 Å². The first-order valence-corrected chi connectivity index (χ1v) is 14.1. The lowest BCUT2D eigenvalue weighted by Crippen LogP contribution is -2.39. The lowest BCUT2D eigenvalue weighted by Gasteiger charge is -2.27. The maximum atomic E-state index is 13.2.